The molecule has 0 spiro atoms. The molecule has 1 aromatic carbocycles. The van der Waals surface area contributed by atoms with E-state index in [0.717, 1.165) is 16.7 Å². The van der Waals surface area contributed by atoms with Gasteiger partial charge in [0.15, 0.2) is 5.82 Å². The predicted octanol–water partition coefficient (Wildman–Crippen LogP) is 3.40. The van der Waals surface area contributed by atoms with E-state index in [1.165, 1.54) is 0 Å². The number of hydrogen-bond donors (Lipinski definition) is 0. The summed E-state index contributed by atoms with van der Waals surface area (Å²) >= 11 is 1.13. The zero-order chi connectivity index (χ0) is 15.0. The number of aromatic nitrogens is 1. The normalized spacial score (nSPS) is 14.3. The van der Waals surface area contributed by atoms with Crippen LogP contribution in [-0.2, 0) is 0 Å². The van der Waals surface area contributed by atoms with Crippen LogP contribution in [0.3, 0.4) is 0 Å². The zero-order valence-electron chi connectivity index (χ0n) is 11.8. The first kappa shape index (κ1) is 14.1. The number of anilines is 2. The van der Waals surface area contributed by atoms with E-state index in [2.05, 4.69) is 4.98 Å². The van der Waals surface area contributed by atoms with Crippen LogP contribution in [0.1, 0.15) is 0 Å². The number of hydrogen-bond acceptors (Lipinski definition) is 4. The second kappa shape index (κ2) is 5.52. The zero-order valence-corrected chi connectivity index (χ0v) is 12.6. The Labute approximate surface area is 126 Å². The monoisotopic (exact) mass is 307 g/mol. The van der Waals surface area contributed by atoms with Crippen LogP contribution in [0, 0.1) is 11.8 Å². The fourth-order valence-electron chi connectivity index (χ4n) is 2.37. The molecule has 2 heterocycles. The molecule has 0 saturated heterocycles. The average molecular weight is 307 g/mol. The van der Waals surface area contributed by atoms with Gasteiger partial charge in [-0.05, 0) is 12.1 Å². The summed E-state index contributed by atoms with van der Waals surface area (Å²) in [5.74, 6) is -1.09. The lowest BCUT2D eigenvalue weighted by Gasteiger charge is -2.34. The van der Waals surface area contributed by atoms with Crippen LogP contribution >= 0.6 is 11.8 Å². The highest BCUT2D eigenvalue weighted by Crippen LogP contribution is 2.40. The summed E-state index contributed by atoms with van der Waals surface area (Å²) < 4.78 is 29.0. The molecule has 0 radical (unpaired) electrons. The topological polar surface area (TPSA) is 19.4 Å². The number of fused-ring (bicyclic) bond motifs is 1. The summed E-state index contributed by atoms with van der Waals surface area (Å²) in [6.07, 6.45) is 0. The molecule has 0 amide bonds. The molecule has 0 N–H and O–H groups in total. The van der Waals surface area contributed by atoms with Crippen LogP contribution in [0.15, 0.2) is 40.3 Å². The van der Waals surface area contributed by atoms with Gasteiger partial charge in [0.25, 0.3) is 0 Å². The van der Waals surface area contributed by atoms with E-state index >= 15 is 0 Å². The summed E-state index contributed by atoms with van der Waals surface area (Å²) in [5.41, 5.74) is 0.522. The Hall–Kier alpha value is -1.82. The number of benzene rings is 1. The van der Waals surface area contributed by atoms with Gasteiger partial charge in [0.2, 0.25) is 5.95 Å². The van der Waals surface area contributed by atoms with Gasteiger partial charge < -0.3 is 9.80 Å². The quantitative estimate of drug-likeness (QED) is 0.792. The third-order valence-electron chi connectivity index (χ3n) is 3.51. The molecule has 0 aliphatic carbocycles. The van der Waals surface area contributed by atoms with Gasteiger partial charge in [-0.2, -0.15) is 4.39 Å². The van der Waals surface area contributed by atoms with Crippen LogP contribution in [-0.4, -0.2) is 32.2 Å². The molecule has 3 rings (SSSR count). The summed E-state index contributed by atoms with van der Waals surface area (Å²) in [4.78, 5) is 8.09. The first-order valence-corrected chi connectivity index (χ1v) is 7.43. The summed E-state index contributed by atoms with van der Waals surface area (Å²) in [6, 6.07) is 9.28. The smallest absolute Gasteiger partial charge is 0.239 e. The van der Waals surface area contributed by atoms with E-state index in [1.54, 1.807) is 23.9 Å². The highest BCUT2D eigenvalue weighted by molar-refractivity contribution is 7.99. The minimum absolute atomic E-state index is 0.0691. The molecular formula is C15H15F2N3S. The van der Waals surface area contributed by atoms with Gasteiger partial charge >= 0.3 is 0 Å². The number of rotatable bonds is 2. The van der Waals surface area contributed by atoms with E-state index in [-0.39, 0.29) is 16.4 Å². The SMILES string of the molecule is CN1CCN(C)c2c(F)c(Sc3ccccc3)nc(F)c21. The first-order valence-electron chi connectivity index (χ1n) is 6.62. The van der Waals surface area contributed by atoms with Crippen molar-refractivity contribution in [3.63, 3.8) is 0 Å². The highest BCUT2D eigenvalue weighted by Gasteiger charge is 2.29. The van der Waals surface area contributed by atoms with Crippen molar-refractivity contribution < 1.29 is 8.78 Å². The standard InChI is InChI=1S/C15H15F2N3S/c1-19-8-9-20(2)13-12(19)11(16)15(18-14(13)17)21-10-6-4-3-5-7-10/h3-7H,8-9H2,1-2H3. The Kier molecular flexibility index (Phi) is 3.71. The molecule has 0 fully saturated rings. The molecule has 2 aromatic rings. The van der Waals surface area contributed by atoms with Gasteiger partial charge in [-0.25, -0.2) is 9.37 Å². The fourth-order valence-corrected chi connectivity index (χ4v) is 3.20. The second-order valence-electron chi connectivity index (χ2n) is 4.98. The number of likely N-dealkylation sites (N-methyl/N-ethyl adjacent to an activating group) is 2. The summed E-state index contributed by atoms with van der Waals surface area (Å²) in [6.45, 7) is 1.30. The second-order valence-corrected chi connectivity index (χ2v) is 6.04. The maximum absolute atomic E-state index is 14.7. The van der Waals surface area contributed by atoms with Gasteiger partial charge in [0.05, 0.1) is 0 Å². The van der Waals surface area contributed by atoms with Crippen LogP contribution < -0.4 is 9.80 Å². The molecule has 110 valence electrons. The number of halogens is 2. The van der Waals surface area contributed by atoms with Crippen molar-refractivity contribution in [2.75, 3.05) is 37.0 Å². The minimum atomic E-state index is -0.626. The maximum Gasteiger partial charge on any atom is 0.239 e. The van der Waals surface area contributed by atoms with Crippen molar-refractivity contribution in [2.24, 2.45) is 0 Å². The molecule has 0 unspecified atom stereocenters. The van der Waals surface area contributed by atoms with Crippen molar-refractivity contribution in [3.8, 4) is 0 Å². The molecule has 1 aliphatic heterocycles. The van der Waals surface area contributed by atoms with Gasteiger partial charge in [-0.15, -0.1) is 0 Å². The molecular weight excluding hydrogens is 292 g/mol. The lowest BCUT2D eigenvalue weighted by molar-refractivity contribution is 0.520. The van der Waals surface area contributed by atoms with E-state index < -0.39 is 11.8 Å². The third-order valence-corrected chi connectivity index (χ3v) is 4.48. The lowest BCUT2D eigenvalue weighted by Crippen LogP contribution is -2.38. The van der Waals surface area contributed by atoms with Crippen molar-refractivity contribution in [1.29, 1.82) is 0 Å². The highest BCUT2D eigenvalue weighted by atomic mass is 32.2. The summed E-state index contributed by atoms with van der Waals surface area (Å²) in [7, 11) is 3.52. The van der Waals surface area contributed by atoms with Crippen LogP contribution in [0.2, 0.25) is 0 Å². The molecule has 0 bridgehead atoms. The minimum Gasteiger partial charge on any atom is -0.369 e. The molecule has 0 saturated carbocycles. The Morgan fingerprint density at radius 3 is 2.29 bits per heavy atom. The van der Waals surface area contributed by atoms with Crippen molar-refractivity contribution in [2.45, 2.75) is 9.92 Å². The van der Waals surface area contributed by atoms with E-state index in [4.69, 9.17) is 0 Å². The third kappa shape index (κ3) is 2.55. The van der Waals surface area contributed by atoms with E-state index in [1.807, 2.05) is 30.3 Å². The lowest BCUT2D eigenvalue weighted by atomic mass is 10.2. The van der Waals surface area contributed by atoms with Gasteiger partial charge in [0.1, 0.15) is 16.4 Å². The number of pyridine rings is 1. The van der Waals surface area contributed by atoms with Gasteiger partial charge in [0, 0.05) is 32.1 Å². The fraction of sp³-hybridized carbons (Fsp3) is 0.267. The van der Waals surface area contributed by atoms with Crippen LogP contribution in [0.25, 0.3) is 0 Å². The van der Waals surface area contributed by atoms with E-state index in [9.17, 15) is 8.78 Å². The first-order chi connectivity index (χ1) is 10.1. The average Bonchev–Trinajstić information content (AvgIpc) is 2.48. The Morgan fingerprint density at radius 2 is 1.62 bits per heavy atom. The molecule has 21 heavy (non-hydrogen) atoms. The summed E-state index contributed by atoms with van der Waals surface area (Å²) in [5, 5.41) is 0.0691. The molecule has 1 aliphatic rings. The Morgan fingerprint density at radius 1 is 1.00 bits per heavy atom. The van der Waals surface area contributed by atoms with Crippen LogP contribution in [0.4, 0.5) is 20.2 Å². The van der Waals surface area contributed by atoms with Crippen molar-refractivity contribution in [1.82, 2.24) is 4.98 Å². The molecule has 6 heteroatoms. The van der Waals surface area contributed by atoms with Crippen molar-refractivity contribution >= 4 is 23.1 Å². The molecule has 1 aromatic heterocycles. The van der Waals surface area contributed by atoms with Crippen LogP contribution in [0.5, 0.6) is 0 Å². The molecule has 3 nitrogen and oxygen atoms in total. The maximum atomic E-state index is 14.7. The van der Waals surface area contributed by atoms with Crippen molar-refractivity contribution in [3.05, 3.63) is 42.1 Å². The Bertz CT molecular complexity index is 664. The largest absolute Gasteiger partial charge is 0.369 e. The Balaban J connectivity index is 2.08. The predicted molar refractivity (Wildman–Crippen MR) is 81.3 cm³/mol. The molecule has 0 atom stereocenters. The van der Waals surface area contributed by atoms with Gasteiger partial charge in [-0.3, -0.25) is 0 Å². The number of nitrogens with zero attached hydrogens (tertiary/aromatic N) is 3. The van der Waals surface area contributed by atoms with E-state index in [0.29, 0.717) is 13.1 Å². The van der Waals surface area contributed by atoms with Gasteiger partial charge in [-0.1, -0.05) is 30.0 Å².